The molecule has 4 heteroatoms. The lowest BCUT2D eigenvalue weighted by Crippen LogP contribution is -2.42. The van der Waals surface area contributed by atoms with E-state index < -0.39 is 0 Å². The van der Waals surface area contributed by atoms with Gasteiger partial charge in [-0.25, -0.2) is 5.48 Å². The molecular formula is C12H14N2O2. The predicted octanol–water partition coefficient (Wildman–Crippen LogP) is 1.21. The van der Waals surface area contributed by atoms with Crippen LogP contribution in [0.1, 0.15) is 5.56 Å². The molecule has 16 heavy (non-hydrogen) atoms. The Morgan fingerprint density at radius 3 is 2.81 bits per heavy atom. The van der Waals surface area contributed by atoms with E-state index >= 15 is 0 Å². The van der Waals surface area contributed by atoms with E-state index in [4.69, 9.17) is 9.57 Å². The number of nitrogens with zero attached hydrogens (tertiary/aromatic N) is 1. The molecule has 0 spiro atoms. The minimum Gasteiger partial charge on any atom is -0.380 e. The van der Waals surface area contributed by atoms with Crippen LogP contribution >= 0.6 is 0 Å². The van der Waals surface area contributed by atoms with E-state index in [9.17, 15) is 0 Å². The quantitative estimate of drug-likeness (QED) is 0.768. The highest BCUT2D eigenvalue weighted by molar-refractivity contribution is 5.60. The fourth-order valence-electron chi connectivity index (χ4n) is 1.94. The number of para-hydroxylation sites is 1. The van der Waals surface area contributed by atoms with Gasteiger partial charge in [0.2, 0.25) is 0 Å². The van der Waals surface area contributed by atoms with Crippen molar-refractivity contribution >= 4 is 6.08 Å². The van der Waals surface area contributed by atoms with Gasteiger partial charge in [0.25, 0.3) is 0 Å². The average Bonchev–Trinajstić information content (AvgIpc) is 2.39. The van der Waals surface area contributed by atoms with Crippen LogP contribution in [0.25, 0.3) is 6.08 Å². The molecular weight excluding hydrogens is 204 g/mol. The van der Waals surface area contributed by atoms with Crippen LogP contribution < -0.4 is 10.3 Å². The summed E-state index contributed by atoms with van der Waals surface area (Å²) in [5.41, 5.74) is 4.09. The van der Waals surface area contributed by atoms with Gasteiger partial charge in [0.15, 0.2) is 5.75 Å². The lowest BCUT2D eigenvalue weighted by molar-refractivity contribution is 0.0392. The number of nitrogens with one attached hydrogen (secondary N) is 1. The summed E-state index contributed by atoms with van der Waals surface area (Å²) >= 11 is 0. The van der Waals surface area contributed by atoms with Crippen LogP contribution in [0.15, 0.2) is 30.1 Å². The smallest absolute Gasteiger partial charge is 0.162 e. The van der Waals surface area contributed by atoms with Gasteiger partial charge in [-0.05, 0) is 12.1 Å². The summed E-state index contributed by atoms with van der Waals surface area (Å²) in [7, 11) is 0. The van der Waals surface area contributed by atoms with Crippen LogP contribution in [0.3, 0.4) is 0 Å². The van der Waals surface area contributed by atoms with E-state index in [1.54, 1.807) is 0 Å². The Morgan fingerprint density at radius 1 is 1.12 bits per heavy atom. The average molecular weight is 218 g/mol. The van der Waals surface area contributed by atoms with Gasteiger partial charge in [-0.15, -0.1) is 0 Å². The van der Waals surface area contributed by atoms with Crippen LogP contribution in [0.2, 0.25) is 0 Å². The largest absolute Gasteiger partial charge is 0.380 e. The summed E-state index contributed by atoms with van der Waals surface area (Å²) in [6, 6.07) is 7.99. The minimum absolute atomic E-state index is 0.778. The molecule has 2 aliphatic rings. The lowest BCUT2D eigenvalue weighted by Gasteiger charge is -2.32. The van der Waals surface area contributed by atoms with E-state index in [2.05, 4.69) is 22.5 Å². The van der Waals surface area contributed by atoms with Crippen LogP contribution in [0.5, 0.6) is 5.75 Å². The molecule has 1 aromatic rings. The first-order valence-electron chi connectivity index (χ1n) is 5.50. The molecule has 0 bridgehead atoms. The molecule has 3 rings (SSSR count). The standard InChI is InChI=1S/C12H14N2O2/c1-2-4-11-10(3-1)9-12(13-16-11)14-5-7-15-8-6-14/h1-4,9,13H,5-8H2. The summed E-state index contributed by atoms with van der Waals surface area (Å²) in [5.74, 6) is 1.89. The molecule has 0 aliphatic carbocycles. The highest BCUT2D eigenvalue weighted by atomic mass is 16.6. The van der Waals surface area contributed by atoms with E-state index in [1.807, 2.05) is 18.2 Å². The van der Waals surface area contributed by atoms with Crippen molar-refractivity contribution in [1.82, 2.24) is 10.4 Å². The van der Waals surface area contributed by atoms with Crippen molar-refractivity contribution in [3.8, 4) is 5.75 Å². The number of hydrogen-bond acceptors (Lipinski definition) is 4. The highest BCUT2D eigenvalue weighted by Crippen LogP contribution is 2.24. The zero-order chi connectivity index (χ0) is 10.8. The van der Waals surface area contributed by atoms with E-state index in [1.165, 1.54) is 0 Å². The Labute approximate surface area is 94.4 Å². The second kappa shape index (κ2) is 4.06. The molecule has 4 nitrogen and oxygen atoms in total. The molecule has 1 aromatic carbocycles. The fraction of sp³-hybridized carbons (Fsp3) is 0.333. The number of benzene rings is 1. The Bertz CT molecular complexity index is 411. The molecule has 0 amide bonds. The molecule has 84 valence electrons. The molecule has 0 atom stereocenters. The summed E-state index contributed by atoms with van der Waals surface area (Å²) in [4.78, 5) is 7.72. The van der Waals surface area contributed by atoms with E-state index in [0.717, 1.165) is 43.4 Å². The van der Waals surface area contributed by atoms with Gasteiger partial charge in [-0.2, -0.15) is 0 Å². The first-order chi connectivity index (χ1) is 7.93. The molecule has 1 N–H and O–H groups in total. The fourth-order valence-corrected chi connectivity index (χ4v) is 1.94. The summed E-state index contributed by atoms with van der Waals surface area (Å²) in [5, 5.41) is 0. The first-order valence-corrected chi connectivity index (χ1v) is 5.50. The normalized spacial score (nSPS) is 19.2. The lowest BCUT2D eigenvalue weighted by atomic mass is 10.2. The summed E-state index contributed by atoms with van der Waals surface area (Å²) < 4.78 is 5.32. The Hall–Kier alpha value is -1.68. The van der Waals surface area contributed by atoms with Crippen LogP contribution in [-0.2, 0) is 4.74 Å². The molecule has 0 aromatic heterocycles. The number of hydrogen-bond donors (Lipinski definition) is 1. The monoisotopic (exact) mass is 218 g/mol. The van der Waals surface area contributed by atoms with Crippen LogP contribution in [0.4, 0.5) is 0 Å². The summed E-state index contributed by atoms with van der Waals surface area (Å²) in [6.45, 7) is 3.37. The van der Waals surface area contributed by atoms with Crippen molar-refractivity contribution in [1.29, 1.82) is 0 Å². The third-order valence-corrected chi connectivity index (χ3v) is 2.83. The molecule has 2 heterocycles. The topological polar surface area (TPSA) is 33.7 Å². The van der Waals surface area contributed by atoms with Crippen LogP contribution in [-0.4, -0.2) is 31.2 Å². The van der Waals surface area contributed by atoms with Crippen molar-refractivity contribution in [3.05, 3.63) is 35.6 Å². The molecule has 0 saturated carbocycles. The Kier molecular flexibility index (Phi) is 2.42. The second-order valence-electron chi connectivity index (χ2n) is 3.87. The Balaban J connectivity index is 1.85. The number of hydroxylamine groups is 1. The highest BCUT2D eigenvalue weighted by Gasteiger charge is 2.18. The second-order valence-corrected chi connectivity index (χ2v) is 3.87. The molecule has 0 unspecified atom stereocenters. The van der Waals surface area contributed by atoms with Crippen LogP contribution in [0, 0.1) is 0 Å². The van der Waals surface area contributed by atoms with Gasteiger partial charge in [-0.1, -0.05) is 18.2 Å². The number of fused-ring (bicyclic) bond motifs is 1. The zero-order valence-electron chi connectivity index (χ0n) is 8.98. The maximum absolute atomic E-state index is 5.49. The van der Waals surface area contributed by atoms with Gasteiger partial charge < -0.3 is 14.5 Å². The number of ether oxygens (including phenoxy) is 1. The van der Waals surface area contributed by atoms with Crippen molar-refractivity contribution in [2.75, 3.05) is 26.3 Å². The maximum Gasteiger partial charge on any atom is 0.162 e. The van der Waals surface area contributed by atoms with Crippen molar-refractivity contribution in [3.63, 3.8) is 0 Å². The van der Waals surface area contributed by atoms with Crippen molar-refractivity contribution < 1.29 is 9.57 Å². The minimum atomic E-state index is 0.778. The van der Waals surface area contributed by atoms with Gasteiger partial charge in [-0.3, -0.25) is 0 Å². The maximum atomic E-state index is 5.49. The molecule has 0 radical (unpaired) electrons. The van der Waals surface area contributed by atoms with Crippen molar-refractivity contribution in [2.45, 2.75) is 0 Å². The number of morpholine rings is 1. The van der Waals surface area contributed by atoms with Gasteiger partial charge in [0, 0.05) is 18.7 Å². The van der Waals surface area contributed by atoms with Gasteiger partial charge in [0.1, 0.15) is 5.82 Å². The zero-order valence-corrected chi connectivity index (χ0v) is 8.98. The SMILES string of the molecule is C1=C(N2CCOCC2)NOc2ccccc21. The van der Waals surface area contributed by atoms with Gasteiger partial charge >= 0.3 is 0 Å². The first kappa shape index (κ1) is 9.54. The molecule has 1 saturated heterocycles. The van der Waals surface area contributed by atoms with Gasteiger partial charge in [0.05, 0.1) is 13.2 Å². The molecule has 1 fully saturated rings. The predicted molar refractivity (Wildman–Crippen MR) is 60.6 cm³/mol. The molecule has 2 aliphatic heterocycles. The van der Waals surface area contributed by atoms with E-state index in [-0.39, 0.29) is 0 Å². The Morgan fingerprint density at radius 2 is 1.94 bits per heavy atom. The number of rotatable bonds is 1. The third kappa shape index (κ3) is 1.72. The van der Waals surface area contributed by atoms with Crippen molar-refractivity contribution in [2.24, 2.45) is 0 Å². The van der Waals surface area contributed by atoms with E-state index in [0.29, 0.717) is 0 Å². The summed E-state index contributed by atoms with van der Waals surface area (Å²) in [6.07, 6.45) is 2.12. The third-order valence-electron chi connectivity index (χ3n) is 2.83.